The Kier molecular flexibility index (Phi) is 6.19. The van der Waals surface area contributed by atoms with Crippen molar-refractivity contribution in [1.29, 1.82) is 0 Å². The van der Waals surface area contributed by atoms with Crippen molar-refractivity contribution in [1.82, 2.24) is 9.21 Å². The summed E-state index contributed by atoms with van der Waals surface area (Å²) < 4.78 is 28.0. The summed E-state index contributed by atoms with van der Waals surface area (Å²) in [5, 5.41) is 0.157. The highest BCUT2D eigenvalue weighted by molar-refractivity contribution is 7.89. The maximum atomic E-state index is 13.2. The lowest BCUT2D eigenvalue weighted by Gasteiger charge is -2.26. The number of amides is 1. The van der Waals surface area contributed by atoms with E-state index in [0.717, 1.165) is 38.5 Å². The lowest BCUT2D eigenvalue weighted by Crippen LogP contribution is -2.33. The van der Waals surface area contributed by atoms with Gasteiger partial charge in [0.15, 0.2) is 0 Å². The van der Waals surface area contributed by atoms with Crippen molar-refractivity contribution >= 4 is 27.5 Å². The summed E-state index contributed by atoms with van der Waals surface area (Å²) in [6.07, 6.45) is 5.57. The molecule has 4 rings (SSSR count). The molecule has 2 aliphatic rings. The van der Waals surface area contributed by atoms with Gasteiger partial charge in [-0.05, 0) is 55.0 Å². The zero-order valence-electron chi connectivity index (χ0n) is 17.2. The molecule has 1 saturated heterocycles. The first-order valence-corrected chi connectivity index (χ1v) is 12.4. The average Bonchev–Trinajstić information content (AvgIpc) is 2.97. The minimum absolute atomic E-state index is 0.00459. The summed E-state index contributed by atoms with van der Waals surface area (Å²) in [5.41, 5.74) is 2.78. The first-order valence-electron chi connectivity index (χ1n) is 10.5. The predicted octanol–water partition coefficient (Wildman–Crippen LogP) is 4.66. The van der Waals surface area contributed by atoms with Gasteiger partial charge in [0.05, 0.1) is 11.1 Å². The van der Waals surface area contributed by atoms with Gasteiger partial charge in [0.25, 0.3) is 5.91 Å². The molecule has 1 fully saturated rings. The van der Waals surface area contributed by atoms with Crippen LogP contribution in [-0.4, -0.2) is 43.7 Å². The molecular formula is C23H27ClN2O3S. The molecule has 30 heavy (non-hydrogen) atoms. The number of fused-ring (bicyclic) bond motifs is 1. The summed E-state index contributed by atoms with van der Waals surface area (Å²) in [6, 6.07) is 12.7. The summed E-state index contributed by atoms with van der Waals surface area (Å²) in [4.78, 5) is 15.0. The Bertz CT molecular complexity index is 1050. The molecule has 5 nitrogen and oxygen atoms in total. The second-order valence-electron chi connectivity index (χ2n) is 8.13. The Morgan fingerprint density at radius 2 is 1.77 bits per heavy atom. The van der Waals surface area contributed by atoms with E-state index in [2.05, 4.69) is 12.1 Å². The van der Waals surface area contributed by atoms with Crippen LogP contribution in [0.15, 0.2) is 47.4 Å². The molecule has 1 aliphatic heterocycles. The zero-order chi connectivity index (χ0) is 21.3. The second-order valence-corrected chi connectivity index (χ2v) is 10.4. The van der Waals surface area contributed by atoms with Crippen molar-refractivity contribution in [3.8, 4) is 0 Å². The fourth-order valence-corrected chi connectivity index (χ4v) is 6.55. The monoisotopic (exact) mass is 446 g/mol. The summed E-state index contributed by atoms with van der Waals surface area (Å²) >= 11 is 6.29. The highest BCUT2D eigenvalue weighted by Gasteiger charge is 2.31. The van der Waals surface area contributed by atoms with E-state index in [1.807, 2.05) is 12.1 Å². The molecule has 0 N–H and O–H groups in total. The number of aryl methyl sites for hydroxylation is 1. The largest absolute Gasteiger partial charge is 0.335 e. The van der Waals surface area contributed by atoms with Gasteiger partial charge in [0.1, 0.15) is 4.90 Å². The number of hydrogen-bond donors (Lipinski definition) is 0. The molecule has 0 spiro atoms. The van der Waals surface area contributed by atoms with Crippen LogP contribution in [0.3, 0.4) is 0 Å². The zero-order valence-corrected chi connectivity index (χ0v) is 18.8. The standard InChI is InChI=1S/C23H27ClN2O3S/c1-25(21-13-11-17-8-4-5-9-19(17)21)23(27)18-10-12-20(24)22(16-18)30(28,29)26-14-6-2-3-7-15-26/h4-5,8-10,12,16,21H,2-3,6-7,11,13-15H2,1H3/t21-/m1/s1. The molecule has 0 radical (unpaired) electrons. The van der Waals surface area contributed by atoms with Crippen molar-refractivity contribution in [3.63, 3.8) is 0 Å². The fourth-order valence-electron chi connectivity index (χ4n) is 4.54. The fraction of sp³-hybridized carbons (Fsp3) is 0.435. The Morgan fingerprint density at radius 3 is 2.50 bits per heavy atom. The number of nitrogens with zero attached hydrogens (tertiary/aromatic N) is 2. The van der Waals surface area contributed by atoms with Gasteiger partial charge in [-0.3, -0.25) is 4.79 Å². The van der Waals surface area contributed by atoms with Crippen LogP contribution in [0.5, 0.6) is 0 Å². The maximum Gasteiger partial charge on any atom is 0.254 e. The molecule has 7 heteroatoms. The average molecular weight is 447 g/mol. The molecule has 0 bridgehead atoms. The number of sulfonamides is 1. The van der Waals surface area contributed by atoms with E-state index in [9.17, 15) is 13.2 Å². The van der Waals surface area contributed by atoms with Gasteiger partial charge in [-0.2, -0.15) is 4.31 Å². The molecule has 1 heterocycles. The minimum atomic E-state index is -3.73. The Morgan fingerprint density at radius 1 is 1.07 bits per heavy atom. The smallest absolute Gasteiger partial charge is 0.254 e. The Hall–Kier alpha value is -1.89. The van der Waals surface area contributed by atoms with Crippen molar-refractivity contribution in [2.24, 2.45) is 0 Å². The molecular weight excluding hydrogens is 420 g/mol. The van der Waals surface area contributed by atoms with Crippen molar-refractivity contribution in [2.75, 3.05) is 20.1 Å². The topological polar surface area (TPSA) is 57.7 Å². The van der Waals surface area contributed by atoms with Crippen LogP contribution in [0.2, 0.25) is 5.02 Å². The van der Waals surface area contributed by atoms with E-state index in [4.69, 9.17) is 11.6 Å². The van der Waals surface area contributed by atoms with Crippen molar-refractivity contribution in [2.45, 2.75) is 49.5 Å². The highest BCUT2D eigenvalue weighted by Crippen LogP contribution is 2.36. The van der Waals surface area contributed by atoms with Crippen LogP contribution in [0.1, 0.15) is 59.6 Å². The number of rotatable bonds is 4. The van der Waals surface area contributed by atoms with Crippen LogP contribution >= 0.6 is 11.6 Å². The first kappa shape index (κ1) is 21.3. The van der Waals surface area contributed by atoms with Crippen LogP contribution in [0.25, 0.3) is 0 Å². The van der Waals surface area contributed by atoms with E-state index in [1.54, 1.807) is 18.0 Å². The third-order valence-electron chi connectivity index (χ3n) is 6.25. The summed E-state index contributed by atoms with van der Waals surface area (Å²) in [6.45, 7) is 0.991. The van der Waals surface area contributed by atoms with Gasteiger partial charge >= 0.3 is 0 Å². The van der Waals surface area contributed by atoms with E-state index in [-0.39, 0.29) is 21.9 Å². The second kappa shape index (κ2) is 8.69. The Balaban J connectivity index is 1.62. The SMILES string of the molecule is CN(C(=O)c1ccc(Cl)c(S(=O)(=O)N2CCCCCC2)c1)[C@@H]1CCc2ccccc21. The number of hydrogen-bond acceptors (Lipinski definition) is 3. The highest BCUT2D eigenvalue weighted by atomic mass is 35.5. The lowest BCUT2D eigenvalue weighted by molar-refractivity contribution is 0.0730. The predicted molar refractivity (Wildman–Crippen MR) is 118 cm³/mol. The summed E-state index contributed by atoms with van der Waals surface area (Å²) in [7, 11) is -1.95. The minimum Gasteiger partial charge on any atom is -0.335 e. The molecule has 160 valence electrons. The van der Waals surface area contributed by atoms with E-state index < -0.39 is 10.0 Å². The summed E-state index contributed by atoms with van der Waals surface area (Å²) in [5.74, 6) is -0.194. The molecule has 0 unspecified atom stereocenters. The van der Waals surface area contributed by atoms with E-state index in [0.29, 0.717) is 18.7 Å². The quantitative estimate of drug-likeness (QED) is 0.686. The molecule has 2 aromatic carbocycles. The maximum absolute atomic E-state index is 13.2. The van der Waals surface area contributed by atoms with Gasteiger partial charge in [-0.25, -0.2) is 8.42 Å². The molecule has 0 aromatic heterocycles. The van der Waals surface area contributed by atoms with Gasteiger partial charge in [0.2, 0.25) is 10.0 Å². The third-order valence-corrected chi connectivity index (χ3v) is 8.63. The first-order chi connectivity index (χ1) is 14.4. The van der Waals surface area contributed by atoms with Crippen molar-refractivity contribution < 1.29 is 13.2 Å². The molecule has 1 aliphatic carbocycles. The van der Waals surface area contributed by atoms with Gasteiger partial charge in [-0.1, -0.05) is 48.7 Å². The lowest BCUT2D eigenvalue weighted by atomic mass is 10.1. The van der Waals surface area contributed by atoms with Crippen LogP contribution < -0.4 is 0 Å². The van der Waals surface area contributed by atoms with E-state index in [1.165, 1.54) is 27.6 Å². The molecule has 0 saturated carbocycles. The normalized spacial score (nSPS) is 19.9. The number of halogens is 1. The molecule has 2 aromatic rings. The third kappa shape index (κ3) is 4.01. The molecule has 1 atom stereocenters. The van der Waals surface area contributed by atoms with Gasteiger partial charge in [-0.15, -0.1) is 0 Å². The van der Waals surface area contributed by atoms with Crippen molar-refractivity contribution in [3.05, 3.63) is 64.2 Å². The van der Waals surface area contributed by atoms with E-state index >= 15 is 0 Å². The number of carbonyl (C=O) groups is 1. The Labute approximate surface area is 183 Å². The number of benzene rings is 2. The van der Waals surface area contributed by atoms with Crippen LogP contribution in [-0.2, 0) is 16.4 Å². The van der Waals surface area contributed by atoms with Crippen LogP contribution in [0.4, 0.5) is 0 Å². The molecule has 1 amide bonds. The number of carbonyl (C=O) groups excluding carboxylic acids is 1. The van der Waals surface area contributed by atoms with Gasteiger partial charge < -0.3 is 4.90 Å². The van der Waals surface area contributed by atoms with Crippen LogP contribution in [0, 0.1) is 0 Å². The van der Waals surface area contributed by atoms with Gasteiger partial charge in [0, 0.05) is 25.7 Å².